The average Bonchev–Trinajstić information content (AvgIpc) is 3.42. The van der Waals surface area contributed by atoms with Crippen LogP contribution >= 0.6 is 11.3 Å². The molecule has 1 spiro atoms. The summed E-state index contributed by atoms with van der Waals surface area (Å²) >= 11 is 1.70. The Morgan fingerprint density at radius 3 is 2.75 bits per heavy atom. The zero-order valence-corrected chi connectivity index (χ0v) is 19.7. The molecule has 5 rings (SSSR count). The van der Waals surface area contributed by atoms with Crippen molar-refractivity contribution in [3.63, 3.8) is 0 Å². The first kappa shape index (κ1) is 21.4. The number of nitrogens with zero attached hydrogens (tertiary/aromatic N) is 4. The summed E-state index contributed by atoms with van der Waals surface area (Å²) in [5.41, 5.74) is 3.33. The molecule has 0 unspecified atom stereocenters. The topological polar surface area (TPSA) is 70.8 Å². The van der Waals surface area contributed by atoms with Gasteiger partial charge in [-0.05, 0) is 43.6 Å². The molecule has 1 fully saturated rings. The van der Waals surface area contributed by atoms with Gasteiger partial charge in [0.15, 0.2) is 0 Å². The molecule has 8 heteroatoms. The number of likely N-dealkylation sites (tertiary alicyclic amines) is 1. The number of ether oxygens (including phenoxy) is 1. The lowest BCUT2D eigenvalue weighted by Crippen LogP contribution is -2.55. The van der Waals surface area contributed by atoms with Gasteiger partial charge in [-0.2, -0.15) is 0 Å². The number of carbonyl (C=O) groups excluding carboxylic acids is 1. The number of hydrogen-bond donors (Lipinski definition) is 1. The standard InChI is InChI=1S/C24H30N4O3S/c1-16(30)28-15-24(6-9-27(10-7-24)13-21-25-8-11-32-21)22-18-5-4-17(31-3)12-19(18)26(2)23(22)20(28)14-29/h4-5,8,11-12,20,29H,6-7,9-10,13-15H2,1-3H3/t20-/m1/s1. The Labute approximate surface area is 192 Å². The Morgan fingerprint density at radius 2 is 2.12 bits per heavy atom. The number of aromatic nitrogens is 2. The van der Waals surface area contributed by atoms with Crippen LogP contribution in [0.5, 0.6) is 5.75 Å². The summed E-state index contributed by atoms with van der Waals surface area (Å²) < 4.78 is 7.64. The lowest BCUT2D eigenvalue weighted by molar-refractivity contribution is -0.135. The highest BCUT2D eigenvalue weighted by Crippen LogP contribution is 2.50. The van der Waals surface area contributed by atoms with Crippen molar-refractivity contribution in [3.8, 4) is 5.75 Å². The molecular weight excluding hydrogens is 424 g/mol. The van der Waals surface area contributed by atoms with Crippen LogP contribution in [0, 0.1) is 0 Å². The number of amides is 1. The average molecular weight is 455 g/mol. The van der Waals surface area contributed by atoms with Gasteiger partial charge < -0.3 is 19.3 Å². The van der Waals surface area contributed by atoms with Crippen molar-refractivity contribution in [2.75, 3.05) is 33.4 Å². The summed E-state index contributed by atoms with van der Waals surface area (Å²) in [7, 11) is 3.72. The molecule has 7 nitrogen and oxygen atoms in total. The number of benzene rings is 1. The van der Waals surface area contributed by atoms with Gasteiger partial charge in [0.1, 0.15) is 10.8 Å². The van der Waals surface area contributed by atoms with E-state index < -0.39 is 0 Å². The maximum atomic E-state index is 12.7. The molecule has 0 aliphatic carbocycles. The highest BCUT2D eigenvalue weighted by atomic mass is 32.1. The van der Waals surface area contributed by atoms with E-state index in [2.05, 4.69) is 26.6 Å². The molecule has 170 valence electrons. The van der Waals surface area contributed by atoms with Crippen LogP contribution in [0.1, 0.15) is 42.1 Å². The Hall–Kier alpha value is -2.42. The van der Waals surface area contributed by atoms with E-state index >= 15 is 0 Å². The number of hydrogen-bond acceptors (Lipinski definition) is 6. The molecule has 1 aromatic carbocycles. The maximum absolute atomic E-state index is 12.7. The number of carbonyl (C=O) groups is 1. The number of aliphatic hydroxyl groups is 1. The minimum absolute atomic E-state index is 0.0159. The third-order valence-electron chi connectivity index (χ3n) is 7.38. The van der Waals surface area contributed by atoms with Crippen molar-refractivity contribution in [2.24, 2.45) is 7.05 Å². The number of thiazole rings is 1. The van der Waals surface area contributed by atoms with Gasteiger partial charge in [-0.3, -0.25) is 9.69 Å². The number of piperidine rings is 1. The molecule has 4 heterocycles. The van der Waals surface area contributed by atoms with Gasteiger partial charge in [0, 0.05) is 54.7 Å². The second-order valence-electron chi connectivity index (χ2n) is 9.03. The molecule has 0 radical (unpaired) electrons. The molecule has 3 aromatic rings. The van der Waals surface area contributed by atoms with E-state index in [9.17, 15) is 9.90 Å². The molecule has 1 saturated heterocycles. The molecule has 1 atom stereocenters. The van der Waals surface area contributed by atoms with Gasteiger partial charge >= 0.3 is 0 Å². The minimum Gasteiger partial charge on any atom is -0.497 e. The second kappa shape index (κ2) is 8.17. The number of methoxy groups -OCH3 is 1. The van der Waals surface area contributed by atoms with Crippen LogP contribution in [0.3, 0.4) is 0 Å². The van der Waals surface area contributed by atoms with Crippen LogP contribution in [-0.2, 0) is 23.8 Å². The highest BCUT2D eigenvalue weighted by Gasteiger charge is 2.48. The summed E-state index contributed by atoms with van der Waals surface area (Å²) in [6.45, 7) is 4.98. The fourth-order valence-electron chi connectivity index (χ4n) is 5.76. The summed E-state index contributed by atoms with van der Waals surface area (Å²) in [5, 5.41) is 14.7. The summed E-state index contributed by atoms with van der Waals surface area (Å²) in [6, 6.07) is 5.89. The van der Waals surface area contributed by atoms with E-state index in [4.69, 9.17) is 4.74 Å². The SMILES string of the molecule is COc1ccc2c3c(n(C)c2c1)[C@@H](CO)N(C(C)=O)CC31CCN(Cc2nccs2)CC1. The summed E-state index contributed by atoms with van der Waals surface area (Å²) in [4.78, 5) is 21.5. The van der Waals surface area contributed by atoms with Crippen LogP contribution in [0.25, 0.3) is 10.9 Å². The van der Waals surface area contributed by atoms with E-state index in [1.807, 2.05) is 29.6 Å². The molecule has 2 aliphatic heterocycles. The quantitative estimate of drug-likeness (QED) is 0.656. The third kappa shape index (κ3) is 3.32. The van der Waals surface area contributed by atoms with Crippen molar-refractivity contribution in [3.05, 3.63) is 46.0 Å². The van der Waals surface area contributed by atoms with Crippen LogP contribution in [-0.4, -0.2) is 63.7 Å². The fraction of sp³-hybridized carbons (Fsp3) is 0.500. The second-order valence-corrected chi connectivity index (χ2v) is 10.0. The Kier molecular flexibility index (Phi) is 5.47. The van der Waals surface area contributed by atoms with Gasteiger partial charge in [0.05, 0.1) is 31.8 Å². The molecule has 0 bridgehead atoms. The highest BCUT2D eigenvalue weighted by molar-refractivity contribution is 7.09. The van der Waals surface area contributed by atoms with Gasteiger partial charge in [0.2, 0.25) is 5.91 Å². The Bertz CT molecular complexity index is 1130. The number of rotatable bonds is 4. The monoisotopic (exact) mass is 454 g/mol. The smallest absolute Gasteiger partial charge is 0.220 e. The molecule has 32 heavy (non-hydrogen) atoms. The first-order valence-corrected chi connectivity index (χ1v) is 12.0. The van der Waals surface area contributed by atoms with Gasteiger partial charge in [-0.25, -0.2) is 4.98 Å². The molecule has 2 aliphatic rings. The van der Waals surface area contributed by atoms with Crippen molar-refractivity contribution in [1.82, 2.24) is 19.4 Å². The van der Waals surface area contributed by atoms with Crippen LogP contribution in [0.2, 0.25) is 0 Å². The van der Waals surface area contributed by atoms with E-state index in [-0.39, 0.29) is 24.0 Å². The lowest BCUT2D eigenvalue weighted by atomic mass is 9.68. The molecule has 1 amide bonds. The van der Waals surface area contributed by atoms with E-state index in [0.29, 0.717) is 6.54 Å². The van der Waals surface area contributed by atoms with Crippen molar-refractivity contribution in [1.29, 1.82) is 0 Å². The van der Waals surface area contributed by atoms with E-state index in [1.165, 1.54) is 10.9 Å². The largest absolute Gasteiger partial charge is 0.497 e. The van der Waals surface area contributed by atoms with E-state index in [0.717, 1.165) is 54.4 Å². The third-order valence-corrected chi connectivity index (χ3v) is 8.15. The predicted octanol–water partition coefficient (Wildman–Crippen LogP) is 3.07. The zero-order chi connectivity index (χ0) is 22.5. The van der Waals surface area contributed by atoms with Gasteiger partial charge in [-0.15, -0.1) is 11.3 Å². The van der Waals surface area contributed by atoms with Crippen LogP contribution in [0.4, 0.5) is 0 Å². The van der Waals surface area contributed by atoms with Crippen molar-refractivity contribution >= 4 is 28.1 Å². The molecule has 2 aromatic heterocycles. The molecule has 0 saturated carbocycles. The minimum atomic E-state index is -0.329. The summed E-state index contributed by atoms with van der Waals surface area (Å²) in [6.07, 6.45) is 3.81. The number of fused-ring (bicyclic) bond motifs is 4. The number of aliphatic hydroxyl groups excluding tert-OH is 1. The van der Waals surface area contributed by atoms with E-state index in [1.54, 1.807) is 25.4 Å². The Morgan fingerprint density at radius 1 is 1.34 bits per heavy atom. The number of aryl methyl sites for hydroxylation is 1. The van der Waals surface area contributed by atoms with Gasteiger partial charge in [0.25, 0.3) is 0 Å². The first-order valence-electron chi connectivity index (χ1n) is 11.1. The normalized spacial score (nSPS) is 20.6. The van der Waals surface area contributed by atoms with Gasteiger partial charge in [-0.1, -0.05) is 0 Å². The molecular formula is C24H30N4O3S. The maximum Gasteiger partial charge on any atom is 0.220 e. The lowest BCUT2D eigenvalue weighted by Gasteiger charge is -2.50. The predicted molar refractivity (Wildman–Crippen MR) is 125 cm³/mol. The Balaban J connectivity index is 1.59. The molecule has 1 N–H and O–H groups in total. The zero-order valence-electron chi connectivity index (χ0n) is 18.9. The van der Waals surface area contributed by atoms with Crippen molar-refractivity contribution in [2.45, 2.75) is 37.8 Å². The summed E-state index contributed by atoms with van der Waals surface area (Å²) in [5.74, 6) is 0.828. The van der Waals surface area contributed by atoms with Crippen LogP contribution in [0.15, 0.2) is 29.8 Å². The fourth-order valence-corrected chi connectivity index (χ4v) is 6.42. The van der Waals surface area contributed by atoms with Crippen molar-refractivity contribution < 1.29 is 14.6 Å². The first-order chi connectivity index (χ1) is 15.5. The van der Waals surface area contributed by atoms with Crippen LogP contribution < -0.4 is 4.74 Å².